The maximum atomic E-state index is 14.5. The monoisotopic (exact) mass is 1030 g/mol. The predicted octanol–water partition coefficient (Wildman–Crippen LogP) is 8.57. The summed E-state index contributed by atoms with van der Waals surface area (Å²) < 4.78 is 49.2. The van der Waals surface area contributed by atoms with Gasteiger partial charge in [0.05, 0.1) is 47.9 Å². The van der Waals surface area contributed by atoms with Crippen molar-refractivity contribution in [3.8, 4) is 23.0 Å². The summed E-state index contributed by atoms with van der Waals surface area (Å²) >= 11 is 0. The van der Waals surface area contributed by atoms with Gasteiger partial charge in [-0.15, -0.1) is 0 Å². The van der Waals surface area contributed by atoms with Crippen molar-refractivity contribution in [3.05, 3.63) is 92.1 Å². The van der Waals surface area contributed by atoms with Crippen LogP contribution in [-0.4, -0.2) is 124 Å². The minimum atomic E-state index is -3.30. The molecule has 0 saturated carbocycles. The molecule has 73 heavy (non-hydrogen) atoms. The molecule has 1 saturated heterocycles. The summed E-state index contributed by atoms with van der Waals surface area (Å²) in [5, 5.41) is 34.1. The Morgan fingerprint density at radius 1 is 0.767 bits per heavy atom. The first-order valence-electron chi connectivity index (χ1n) is 25.8. The summed E-state index contributed by atoms with van der Waals surface area (Å²) in [6.07, 6.45) is 11.5. The van der Waals surface area contributed by atoms with Gasteiger partial charge in [0, 0.05) is 61.2 Å². The van der Waals surface area contributed by atoms with E-state index in [1.807, 2.05) is 13.8 Å². The Morgan fingerprint density at radius 3 is 1.86 bits per heavy atom. The molecule has 16 nitrogen and oxygen atoms in total. The summed E-state index contributed by atoms with van der Waals surface area (Å²) in [6, 6.07) is 2.88. The molecule has 2 aromatic rings. The number of sulfone groups is 1. The van der Waals surface area contributed by atoms with E-state index in [0.717, 1.165) is 25.7 Å². The summed E-state index contributed by atoms with van der Waals surface area (Å²) in [5.41, 5.74) is 5.34. The van der Waals surface area contributed by atoms with Gasteiger partial charge in [0.2, 0.25) is 0 Å². The molecule has 5 aliphatic heterocycles. The average molecular weight is 1030 g/mol. The minimum Gasteiger partial charge on any atom is -0.508 e. The van der Waals surface area contributed by atoms with Crippen LogP contribution in [0.2, 0.25) is 0 Å². The number of aliphatic hydroxyl groups is 2. The Balaban J connectivity index is 1.07. The van der Waals surface area contributed by atoms with Crippen molar-refractivity contribution in [2.75, 3.05) is 31.1 Å². The molecular weight excluding hydrogens is 955 g/mol. The first-order valence-corrected chi connectivity index (χ1v) is 27.6. The molecule has 5 atom stereocenters. The highest BCUT2D eigenvalue weighted by Gasteiger charge is 2.47. The number of aliphatic hydroxyl groups excluding tert-OH is 2. The second-order valence-electron chi connectivity index (χ2n) is 21.5. The summed E-state index contributed by atoms with van der Waals surface area (Å²) in [7, 11) is -3.30. The highest BCUT2D eigenvalue weighted by atomic mass is 32.2. The molecule has 5 aliphatic rings. The number of allylic oxidation sites excluding steroid dienone is 8. The van der Waals surface area contributed by atoms with E-state index in [2.05, 4.69) is 65.8 Å². The van der Waals surface area contributed by atoms with Crippen LogP contribution >= 0.6 is 0 Å². The standard InChI is InChI=1S/C56H75N3O13S/c1-35(2)14-9-16-37(5)18-11-21-55(7)47(62)30-41-45(61)28-39-43(50(41)71-55)32-58(52(39)64)23-13-20-49(69-34-60)59-33-44-40(53(59)65)29-46(70-54(66)57-24-26-73(67,68)27-25-57)42-31-48(63)56(8,72-51(42)44)22-12-19-38(6)17-10-15-36(3)4/h14-15,18-19,28-29,34,47-49,61-63H,9-13,16-17,20-27,30-33H2,1-8H3/b37-18+,38-19+/t47-,48-,49?,55+,56+/m0/s1. The van der Waals surface area contributed by atoms with Crippen molar-refractivity contribution in [2.45, 2.75) is 175 Å². The van der Waals surface area contributed by atoms with E-state index in [9.17, 15) is 42.9 Å². The lowest BCUT2D eigenvalue weighted by Crippen LogP contribution is -2.49. The number of carbonyl (C=O) groups excluding carboxylic acids is 4. The van der Waals surface area contributed by atoms with Gasteiger partial charge in [0.1, 0.15) is 34.2 Å². The number of ether oxygens (including phenoxy) is 4. The summed E-state index contributed by atoms with van der Waals surface area (Å²) in [5.74, 6) is -0.659. The maximum absolute atomic E-state index is 14.5. The number of phenols is 1. The molecule has 5 heterocycles. The number of rotatable bonds is 20. The Hall–Kier alpha value is -5.65. The molecule has 1 fully saturated rings. The van der Waals surface area contributed by atoms with Crippen molar-refractivity contribution in [3.63, 3.8) is 0 Å². The van der Waals surface area contributed by atoms with Gasteiger partial charge in [-0.2, -0.15) is 0 Å². The Bertz CT molecular complexity index is 2690. The number of carbonyl (C=O) groups is 4. The Morgan fingerprint density at radius 2 is 1.30 bits per heavy atom. The van der Waals surface area contributed by atoms with Gasteiger partial charge in [-0.3, -0.25) is 19.3 Å². The summed E-state index contributed by atoms with van der Waals surface area (Å²) in [6.45, 7) is 16.7. The van der Waals surface area contributed by atoms with Crippen LogP contribution in [0.4, 0.5) is 4.79 Å². The third-order valence-corrected chi connectivity index (χ3v) is 16.8. The molecule has 2 aromatic carbocycles. The van der Waals surface area contributed by atoms with Gasteiger partial charge in [-0.25, -0.2) is 13.2 Å². The van der Waals surface area contributed by atoms with E-state index >= 15 is 0 Å². The van der Waals surface area contributed by atoms with Crippen molar-refractivity contribution in [2.24, 2.45) is 0 Å². The zero-order valence-corrected chi connectivity index (χ0v) is 44.7. The van der Waals surface area contributed by atoms with Crippen LogP contribution < -0.4 is 14.2 Å². The highest BCUT2D eigenvalue weighted by Crippen LogP contribution is 2.49. The molecule has 3 N–H and O–H groups in total. The van der Waals surface area contributed by atoms with E-state index in [0.29, 0.717) is 71.4 Å². The second kappa shape index (κ2) is 22.9. The van der Waals surface area contributed by atoms with Crippen LogP contribution in [0.3, 0.4) is 0 Å². The topological polar surface area (TPSA) is 210 Å². The fraction of sp³-hybridized carbons (Fsp3) is 0.571. The van der Waals surface area contributed by atoms with E-state index in [4.69, 9.17) is 18.9 Å². The minimum absolute atomic E-state index is 0.00291. The first-order chi connectivity index (χ1) is 34.5. The van der Waals surface area contributed by atoms with Crippen LogP contribution in [0.1, 0.15) is 163 Å². The van der Waals surface area contributed by atoms with Crippen LogP contribution in [0, 0.1) is 0 Å². The number of fused-ring (bicyclic) bond motifs is 6. The highest BCUT2D eigenvalue weighted by molar-refractivity contribution is 7.91. The van der Waals surface area contributed by atoms with E-state index in [1.165, 1.54) is 44.2 Å². The number of amides is 3. The Labute approximate surface area is 430 Å². The number of nitrogens with zero attached hydrogens (tertiary/aromatic N) is 3. The van der Waals surface area contributed by atoms with Crippen molar-refractivity contribution in [1.29, 1.82) is 0 Å². The van der Waals surface area contributed by atoms with Crippen molar-refractivity contribution in [1.82, 2.24) is 14.7 Å². The third-order valence-electron chi connectivity index (χ3n) is 15.2. The van der Waals surface area contributed by atoms with Crippen molar-refractivity contribution < 1.29 is 61.9 Å². The number of aromatic hydroxyl groups is 1. The van der Waals surface area contributed by atoms with Crippen LogP contribution in [0.5, 0.6) is 23.0 Å². The van der Waals surface area contributed by atoms with Gasteiger partial charge in [0.15, 0.2) is 16.1 Å². The zero-order valence-electron chi connectivity index (χ0n) is 43.9. The molecule has 0 spiro atoms. The zero-order chi connectivity index (χ0) is 53.0. The molecule has 3 amide bonds. The number of hydrogen-bond acceptors (Lipinski definition) is 13. The third kappa shape index (κ3) is 12.7. The lowest BCUT2D eigenvalue weighted by atomic mass is 9.84. The average Bonchev–Trinajstić information content (AvgIpc) is 3.81. The molecule has 1 unspecified atom stereocenters. The van der Waals surface area contributed by atoms with Gasteiger partial charge < -0.3 is 44.1 Å². The van der Waals surface area contributed by atoms with E-state index < -0.39 is 51.5 Å². The quantitative estimate of drug-likeness (QED) is 0.0840. The number of phenolic OH excluding ortho intramolecular Hbond substituents is 1. The normalized spacial score (nSPS) is 23.6. The second-order valence-corrected chi connectivity index (χ2v) is 23.8. The molecule has 0 aliphatic carbocycles. The van der Waals surface area contributed by atoms with Crippen LogP contribution in [0.25, 0.3) is 0 Å². The van der Waals surface area contributed by atoms with Gasteiger partial charge >= 0.3 is 6.09 Å². The molecule has 0 bridgehead atoms. The molecule has 17 heteroatoms. The van der Waals surface area contributed by atoms with E-state index in [1.54, 1.807) is 4.90 Å². The first kappa shape index (κ1) is 55.1. The van der Waals surface area contributed by atoms with Gasteiger partial charge in [-0.05, 0) is 125 Å². The number of hydrogen-bond donors (Lipinski definition) is 3. The maximum Gasteiger partial charge on any atom is 0.415 e. The molecular formula is C56H75N3O13S. The largest absolute Gasteiger partial charge is 0.508 e. The van der Waals surface area contributed by atoms with Gasteiger partial charge in [-0.1, -0.05) is 46.6 Å². The lowest BCUT2D eigenvalue weighted by molar-refractivity contribution is -0.141. The SMILES string of the molecule is CC(C)=CCC/C(C)=C/CC[C@@]1(C)Oc2c(c(O)cc3c2CN(CCCC(OC=O)N2Cc4c(cc(OC(=O)N5CCS(=O)(=O)CC5)c5c4O[C@](C)(CC/C=C(\C)CCC=C(C)C)[C@@H](O)C5)C2=O)C3=O)C[C@@H]1O. The Kier molecular flexibility index (Phi) is 17.3. The smallest absolute Gasteiger partial charge is 0.415 e. The molecule has 0 radical (unpaired) electrons. The summed E-state index contributed by atoms with van der Waals surface area (Å²) in [4.78, 5) is 58.4. The predicted molar refractivity (Wildman–Crippen MR) is 276 cm³/mol. The fourth-order valence-electron chi connectivity index (χ4n) is 10.4. The van der Waals surface area contributed by atoms with Crippen LogP contribution in [-0.2, 0) is 45.3 Å². The van der Waals surface area contributed by atoms with E-state index in [-0.39, 0.29) is 92.9 Å². The molecule has 398 valence electrons. The fourth-order valence-corrected chi connectivity index (χ4v) is 11.6. The lowest BCUT2D eigenvalue weighted by Gasteiger charge is -2.41. The molecule has 7 rings (SSSR count). The number of benzene rings is 2. The van der Waals surface area contributed by atoms with Crippen molar-refractivity contribution >= 4 is 34.2 Å². The van der Waals surface area contributed by atoms with Gasteiger partial charge in [0.25, 0.3) is 18.3 Å². The molecule has 0 aromatic heterocycles. The van der Waals surface area contributed by atoms with Crippen LogP contribution in [0.15, 0.2) is 58.7 Å².